The number of nitrogens with zero attached hydrogens (tertiary/aromatic N) is 3. The Bertz CT molecular complexity index is 1460. The quantitative estimate of drug-likeness (QED) is 0.253. The van der Waals surface area contributed by atoms with E-state index in [-0.39, 0.29) is 11.8 Å². The summed E-state index contributed by atoms with van der Waals surface area (Å²) in [6.07, 6.45) is 3.88. The van der Waals surface area contributed by atoms with Crippen LogP contribution < -0.4 is 5.32 Å². The summed E-state index contributed by atoms with van der Waals surface area (Å²) < 4.78 is 0. The van der Waals surface area contributed by atoms with E-state index in [4.69, 9.17) is 0 Å². The second kappa shape index (κ2) is 8.46. The molecule has 0 saturated heterocycles. The minimum atomic E-state index is -0.262. The van der Waals surface area contributed by atoms with Gasteiger partial charge in [-0.1, -0.05) is 18.2 Å². The topological polar surface area (TPSA) is 135 Å². The van der Waals surface area contributed by atoms with Gasteiger partial charge in [0.05, 0.1) is 11.8 Å². The van der Waals surface area contributed by atoms with Gasteiger partial charge in [-0.2, -0.15) is 10.2 Å². The third-order valence-electron chi connectivity index (χ3n) is 5.23. The van der Waals surface area contributed by atoms with Crippen LogP contribution in [0.3, 0.4) is 0 Å². The Morgan fingerprint density at radius 1 is 1.12 bits per heavy atom. The number of aryl methyl sites for hydroxylation is 1. The predicted octanol–water partition coefficient (Wildman–Crippen LogP) is 4.22. The number of nitrogens with one attached hydrogen (secondary N) is 4. The summed E-state index contributed by atoms with van der Waals surface area (Å²) in [5, 5.41) is 27.5. The van der Waals surface area contributed by atoms with Crippen molar-refractivity contribution in [1.82, 2.24) is 25.4 Å². The van der Waals surface area contributed by atoms with E-state index in [2.05, 4.69) is 35.7 Å². The highest BCUT2D eigenvalue weighted by Gasteiger charge is 2.12. The largest absolute Gasteiger partial charge is 0.494 e. The second-order valence-corrected chi connectivity index (χ2v) is 7.73. The minimum Gasteiger partial charge on any atom is -0.494 e. The maximum atomic E-state index is 12.4. The van der Waals surface area contributed by atoms with Crippen LogP contribution in [0, 0.1) is 6.92 Å². The molecule has 33 heavy (non-hydrogen) atoms. The monoisotopic (exact) mass is 439 g/mol. The molecule has 0 saturated carbocycles. The lowest BCUT2D eigenvalue weighted by Gasteiger charge is -2.07. The Hall–Kier alpha value is -4.66. The van der Waals surface area contributed by atoms with Crippen LogP contribution in [0.1, 0.15) is 32.9 Å². The van der Waals surface area contributed by atoms with Gasteiger partial charge in [0.15, 0.2) is 11.6 Å². The number of hydrogen-bond acceptors (Lipinski definition) is 5. The highest BCUT2D eigenvalue weighted by atomic mass is 16.3. The summed E-state index contributed by atoms with van der Waals surface area (Å²) in [6.45, 7) is 1.85. The third kappa shape index (κ3) is 4.38. The molecule has 9 heteroatoms. The highest BCUT2D eigenvalue weighted by Crippen LogP contribution is 2.28. The van der Waals surface area contributed by atoms with E-state index in [0.29, 0.717) is 29.2 Å². The minimum absolute atomic E-state index is 0.0590. The van der Waals surface area contributed by atoms with Gasteiger partial charge in [-0.3, -0.25) is 15.0 Å². The van der Waals surface area contributed by atoms with Crippen LogP contribution in [0.2, 0.25) is 0 Å². The number of aromatic amines is 3. The van der Waals surface area contributed by atoms with E-state index in [9.17, 15) is 9.90 Å². The number of aromatic hydroxyl groups is 1. The van der Waals surface area contributed by atoms with Crippen LogP contribution in [0.25, 0.3) is 10.9 Å². The zero-order valence-electron chi connectivity index (χ0n) is 17.8. The maximum Gasteiger partial charge on any atom is 0.276 e. The number of H-pyrrole nitrogens is 3. The van der Waals surface area contributed by atoms with Gasteiger partial charge < -0.3 is 15.4 Å². The molecule has 3 aromatic heterocycles. The molecule has 0 aliphatic carbocycles. The van der Waals surface area contributed by atoms with E-state index in [0.717, 1.165) is 27.7 Å². The fourth-order valence-electron chi connectivity index (χ4n) is 3.67. The molecule has 164 valence electrons. The first-order valence-electron chi connectivity index (χ1n) is 10.3. The summed E-state index contributed by atoms with van der Waals surface area (Å²) in [7, 11) is 0. The van der Waals surface area contributed by atoms with Crippen LogP contribution in [0.5, 0.6) is 5.88 Å². The number of rotatable bonds is 6. The van der Waals surface area contributed by atoms with Crippen molar-refractivity contribution >= 4 is 34.5 Å². The molecule has 5 N–H and O–H groups in total. The summed E-state index contributed by atoms with van der Waals surface area (Å²) in [4.78, 5) is 19.7. The van der Waals surface area contributed by atoms with Crippen molar-refractivity contribution in [3.05, 3.63) is 88.9 Å². The Labute approximate surface area is 188 Å². The Balaban J connectivity index is 1.37. The first-order chi connectivity index (χ1) is 16.0. The Morgan fingerprint density at radius 3 is 2.79 bits per heavy atom. The fourth-order valence-corrected chi connectivity index (χ4v) is 3.67. The van der Waals surface area contributed by atoms with Crippen LogP contribution >= 0.6 is 0 Å². The summed E-state index contributed by atoms with van der Waals surface area (Å²) in [6, 6.07) is 17.1. The number of carbonyl (C=O) groups excluding carboxylic acids is 1. The summed E-state index contributed by atoms with van der Waals surface area (Å²) >= 11 is 0. The molecule has 0 spiro atoms. The van der Waals surface area contributed by atoms with E-state index >= 15 is 0 Å². The lowest BCUT2D eigenvalue weighted by Crippen LogP contribution is -2.12. The molecule has 0 radical (unpaired) electrons. The van der Waals surface area contributed by atoms with Gasteiger partial charge in [-0.25, -0.2) is 4.99 Å². The first-order valence-corrected chi connectivity index (χ1v) is 10.3. The smallest absolute Gasteiger partial charge is 0.276 e. The number of fused-ring (bicyclic) bond motifs is 1. The molecule has 0 aliphatic heterocycles. The Morgan fingerprint density at radius 2 is 2.00 bits per heavy atom. The number of benzene rings is 2. The van der Waals surface area contributed by atoms with Crippen LogP contribution in [0.15, 0.2) is 65.8 Å². The number of hydrogen-bond donors (Lipinski definition) is 5. The molecule has 5 rings (SSSR count). The molecular weight excluding hydrogens is 418 g/mol. The number of aromatic nitrogens is 5. The zero-order chi connectivity index (χ0) is 22.8. The van der Waals surface area contributed by atoms with Gasteiger partial charge in [-0.15, -0.1) is 0 Å². The van der Waals surface area contributed by atoms with Gasteiger partial charge in [-0.05, 0) is 54.8 Å². The van der Waals surface area contributed by atoms with Crippen molar-refractivity contribution in [3.63, 3.8) is 0 Å². The molecular formula is C24H21N7O2. The molecule has 0 bridgehead atoms. The second-order valence-electron chi connectivity index (χ2n) is 7.73. The molecule has 2 aromatic carbocycles. The van der Waals surface area contributed by atoms with Gasteiger partial charge in [0.2, 0.25) is 0 Å². The molecule has 9 nitrogen and oxygen atoms in total. The van der Waals surface area contributed by atoms with E-state index in [1.165, 1.54) is 0 Å². The molecule has 0 unspecified atom stereocenters. The lowest BCUT2D eigenvalue weighted by atomic mass is 10.0. The number of carbonyl (C=O) groups is 1. The predicted molar refractivity (Wildman–Crippen MR) is 126 cm³/mol. The third-order valence-corrected chi connectivity index (χ3v) is 5.23. The molecule has 0 aliphatic rings. The van der Waals surface area contributed by atoms with Gasteiger partial charge in [0.25, 0.3) is 5.91 Å². The standard InChI is InChI=1S/C24H21N7O2/c1-14-9-21(30-29-14)24(33)27-17-4-2-3-15(11-17)10-16-5-6-20-18(12-16)19(23(32)28-20)13-25-22-7-8-26-31-22/h2-9,11-13,28,32H,10H2,1H3,(H,26,31)(H,27,33)(H,29,30)/b25-13+. The average molecular weight is 439 g/mol. The van der Waals surface area contributed by atoms with Crippen molar-refractivity contribution in [3.8, 4) is 5.88 Å². The van der Waals surface area contributed by atoms with Crippen LogP contribution in [-0.4, -0.2) is 42.6 Å². The van der Waals surface area contributed by atoms with Crippen molar-refractivity contribution < 1.29 is 9.90 Å². The van der Waals surface area contributed by atoms with E-state index in [1.54, 1.807) is 24.5 Å². The molecule has 1 amide bonds. The fraction of sp³-hybridized carbons (Fsp3) is 0.0833. The van der Waals surface area contributed by atoms with Crippen LogP contribution in [-0.2, 0) is 6.42 Å². The Kier molecular flexibility index (Phi) is 5.19. The molecule has 5 aromatic rings. The van der Waals surface area contributed by atoms with Gasteiger partial charge >= 0.3 is 0 Å². The zero-order valence-corrected chi connectivity index (χ0v) is 17.8. The van der Waals surface area contributed by atoms with Crippen molar-refractivity contribution in [2.24, 2.45) is 4.99 Å². The summed E-state index contributed by atoms with van der Waals surface area (Å²) in [5.41, 5.74) is 5.40. The lowest BCUT2D eigenvalue weighted by molar-refractivity contribution is 0.102. The number of aliphatic imine (C=N–C) groups is 1. The normalized spacial score (nSPS) is 11.4. The maximum absolute atomic E-state index is 12.4. The first kappa shape index (κ1) is 20.3. The van der Waals surface area contributed by atoms with Crippen molar-refractivity contribution in [1.29, 1.82) is 0 Å². The van der Waals surface area contributed by atoms with E-state index < -0.39 is 0 Å². The molecule has 0 atom stereocenters. The van der Waals surface area contributed by atoms with Crippen LogP contribution in [0.4, 0.5) is 11.5 Å². The van der Waals surface area contributed by atoms with Crippen molar-refractivity contribution in [2.45, 2.75) is 13.3 Å². The SMILES string of the molecule is Cc1cc(C(=O)Nc2cccc(Cc3ccc4[nH]c(O)c(/C=N/c5ccn[nH]5)c4c3)c2)n[nH]1. The highest BCUT2D eigenvalue weighted by molar-refractivity contribution is 6.03. The van der Waals surface area contributed by atoms with Crippen molar-refractivity contribution in [2.75, 3.05) is 5.32 Å². The molecule has 3 heterocycles. The van der Waals surface area contributed by atoms with Gasteiger partial charge in [0.1, 0.15) is 5.82 Å². The average Bonchev–Trinajstić information content (AvgIpc) is 3.53. The number of anilines is 1. The molecule has 0 fully saturated rings. The number of amides is 1. The van der Waals surface area contributed by atoms with E-state index in [1.807, 2.05) is 49.4 Å². The van der Waals surface area contributed by atoms with Gasteiger partial charge in [0, 0.05) is 34.6 Å². The summed E-state index contributed by atoms with van der Waals surface area (Å²) in [5.74, 6) is 0.398.